The van der Waals surface area contributed by atoms with Crippen LogP contribution in [0.15, 0.2) is 72.8 Å². The predicted molar refractivity (Wildman–Crippen MR) is 126 cm³/mol. The largest absolute Gasteiger partial charge is 0.497 e. The number of rotatable bonds is 4. The summed E-state index contributed by atoms with van der Waals surface area (Å²) in [5.41, 5.74) is 2.74. The van der Waals surface area contributed by atoms with Crippen LogP contribution in [0.3, 0.4) is 0 Å². The Bertz CT molecular complexity index is 1280. The summed E-state index contributed by atoms with van der Waals surface area (Å²) >= 11 is 5.20. The first kappa shape index (κ1) is 21.1. The van der Waals surface area contributed by atoms with E-state index in [1.165, 1.54) is 6.08 Å². The molecule has 3 aromatic carbocycles. The third-order valence-electron chi connectivity index (χ3n) is 4.96. The number of carbonyl (C=O) groups is 3. The van der Waals surface area contributed by atoms with Crippen LogP contribution < -0.4 is 15.4 Å². The molecule has 0 atom stereocenters. The van der Waals surface area contributed by atoms with E-state index in [1.807, 2.05) is 12.1 Å². The molecule has 158 valence electrons. The Kier molecular flexibility index (Phi) is 5.91. The average molecular weight is 442 g/mol. The highest BCUT2D eigenvalue weighted by Crippen LogP contribution is 2.29. The number of amides is 1. The number of ketones is 2. The Morgan fingerprint density at radius 1 is 0.875 bits per heavy atom. The summed E-state index contributed by atoms with van der Waals surface area (Å²) in [5.74, 6) is -0.0975. The van der Waals surface area contributed by atoms with Gasteiger partial charge in [0.25, 0.3) is 0 Å². The van der Waals surface area contributed by atoms with Crippen LogP contribution in [0.25, 0.3) is 6.08 Å². The van der Waals surface area contributed by atoms with Crippen molar-refractivity contribution in [1.29, 1.82) is 0 Å². The van der Waals surface area contributed by atoms with Crippen molar-refractivity contribution in [3.05, 3.63) is 101 Å². The molecule has 0 aliphatic heterocycles. The topological polar surface area (TPSA) is 84.5 Å². The Balaban J connectivity index is 1.42. The fraction of sp³-hybridized carbons (Fsp3) is 0.0400. The Labute approximate surface area is 189 Å². The molecule has 0 heterocycles. The van der Waals surface area contributed by atoms with E-state index >= 15 is 0 Å². The molecule has 0 saturated carbocycles. The van der Waals surface area contributed by atoms with Gasteiger partial charge in [-0.05, 0) is 54.2 Å². The number of carbonyl (C=O) groups excluding carboxylic acids is 3. The summed E-state index contributed by atoms with van der Waals surface area (Å²) < 4.78 is 5.10. The Morgan fingerprint density at radius 3 is 2.16 bits per heavy atom. The van der Waals surface area contributed by atoms with Crippen molar-refractivity contribution in [3.8, 4) is 5.75 Å². The van der Waals surface area contributed by atoms with Crippen molar-refractivity contribution in [3.63, 3.8) is 0 Å². The van der Waals surface area contributed by atoms with E-state index in [4.69, 9.17) is 17.0 Å². The number of fused-ring (bicyclic) bond motifs is 2. The van der Waals surface area contributed by atoms with Gasteiger partial charge in [0, 0.05) is 34.0 Å². The van der Waals surface area contributed by atoms with E-state index < -0.39 is 5.91 Å². The monoisotopic (exact) mass is 442 g/mol. The molecule has 0 aromatic heterocycles. The molecule has 0 fully saturated rings. The van der Waals surface area contributed by atoms with Gasteiger partial charge in [0.05, 0.1) is 7.11 Å². The molecule has 0 spiro atoms. The van der Waals surface area contributed by atoms with Gasteiger partial charge in [-0.25, -0.2) is 0 Å². The highest BCUT2D eigenvalue weighted by molar-refractivity contribution is 7.80. The molecule has 0 unspecified atom stereocenters. The molecule has 7 heteroatoms. The minimum absolute atomic E-state index is 0.0734. The predicted octanol–water partition coefficient (Wildman–Crippen LogP) is 4.00. The van der Waals surface area contributed by atoms with E-state index in [9.17, 15) is 14.4 Å². The van der Waals surface area contributed by atoms with Crippen LogP contribution in [0, 0.1) is 0 Å². The van der Waals surface area contributed by atoms with E-state index in [2.05, 4.69) is 10.6 Å². The molecule has 1 amide bonds. The lowest BCUT2D eigenvalue weighted by Gasteiger charge is -2.18. The van der Waals surface area contributed by atoms with Crippen LogP contribution in [0.5, 0.6) is 5.75 Å². The van der Waals surface area contributed by atoms with Crippen LogP contribution >= 0.6 is 12.2 Å². The van der Waals surface area contributed by atoms with Crippen molar-refractivity contribution >= 4 is 46.6 Å². The lowest BCUT2D eigenvalue weighted by atomic mass is 9.84. The quantitative estimate of drug-likeness (QED) is 0.367. The van der Waals surface area contributed by atoms with Gasteiger partial charge in [-0.3, -0.25) is 19.7 Å². The molecule has 1 aliphatic carbocycles. The number of hydrogen-bond donors (Lipinski definition) is 2. The van der Waals surface area contributed by atoms with Gasteiger partial charge in [-0.15, -0.1) is 0 Å². The maximum atomic E-state index is 12.8. The van der Waals surface area contributed by atoms with E-state index in [-0.39, 0.29) is 16.7 Å². The standard InChI is InChI=1S/C25H18N2O4S/c1-31-17-10-6-15(7-11-17)8-13-22(28)27-25(32)26-16-9-12-20-21(14-16)24(30)19-5-3-2-4-18(19)23(20)29/h2-14H,1H3,(H2,26,27,28,32)/b13-8+. The number of hydrogen-bond acceptors (Lipinski definition) is 5. The summed E-state index contributed by atoms with van der Waals surface area (Å²) in [6.07, 6.45) is 3.01. The first-order valence-electron chi connectivity index (χ1n) is 9.73. The first-order valence-corrected chi connectivity index (χ1v) is 10.1. The van der Waals surface area contributed by atoms with Crippen LogP contribution in [0.2, 0.25) is 0 Å². The van der Waals surface area contributed by atoms with Gasteiger partial charge in [0.15, 0.2) is 16.7 Å². The molecule has 0 saturated heterocycles. The second-order valence-corrected chi connectivity index (χ2v) is 7.42. The highest BCUT2D eigenvalue weighted by atomic mass is 32.1. The van der Waals surface area contributed by atoms with Gasteiger partial charge in [-0.1, -0.05) is 36.4 Å². The van der Waals surface area contributed by atoms with Crippen LogP contribution in [-0.4, -0.2) is 29.7 Å². The van der Waals surface area contributed by atoms with Crippen molar-refractivity contribution < 1.29 is 19.1 Å². The smallest absolute Gasteiger partial charge is 0.250 e. The second-order valence-electron chi connectivity index (χ2n) is 7.01. The fourth-order valence-corrected chi connectivity index (χ4v) is 3.60. The molecule has 0 radical (unpaired) electrons. The van der Waals surface area contributed by atoms with E-state index in [0.29, 0.717) is 27.9 Å². The average Bonchev–Trinajstić information content (AvgIpc) is 2.81. The number of nitrogens with one attached hydrogen (secondary N) is 2. The van der Waals surface area contributed by atoms with Crippen molar-refractivity contribution in [1.82, 2.24) is 5.32 Å². The summed E-state index contributed by atoms with van der Waals surface area (Å²) in [5, 5.41) is 5.51. The highest BCUT2D eigenvalue weighted by Gasteiger charge is 2.29. The maximum Gasteiger partial charge on any atom is 0.250 e. The molecule has 3 aromatic rings. The van der Waals surface area contributed by atoms with Crippen LogP contribution in [0.1, 0.15) is 37.4 Å². The zero-order valence-electron chi connectivity index (χ0n) is 17.0. The molecule has 32 heavy (non-hydrogen) atoms. The van der Waals surface area contributed by atoms with Crippen molar-refractivity contribution in [2.45, 2.75) is 0 Å². The van der Waals surface area contributed by atoms with Gasteiger partial charge in [-0.2, -0.15) is 0 Å². The van der Waals surface area contributed by atoms with Crippen LogP contribution in [-0.2, 0) is 4.79 Å². The number of ether oxygens (including phenoxy) is 1. The van der Waals surface area contributed by atoms with Gasteiger partial charge in [0.1, 0.15) is 5.75 Å². The van der Waals surface area contributed by atoms with Gasteiger partial charge < -0.3 is 10.1 Å². The number of thiocarbonyl (C=S) groups is 1. The molecule has 0 bridgehead atoms. The van der Waals surface area contributed by atoms with Gasteiger partial charge in [0.2, 0.25) is 5.91 Å². The molecule has 4 rings (SSSR count). The van der Waals surface area contributed by atoms with Crippen LogP contribution in [0.4, 0.5) is 5.69 Å². The fourth-order valence-electron chi connectivity index (χ4n) is 3.38. The first-order chi connectivity index (χ1) is 15.5. The summed E-state index contributed by atoms with van der Waals surface area (Å²) in [7, 11) is 1.58. The molecular formula is C25H18N2O4S. The number of anilines is 1. The van der Waals surface area contributed by atoms with E-state index in [1.54, 1.807) is 67.8 Å². The lowest BCUT2D eigenvalue weighted by molar-refractivity contribution is -0.115. The van der Waals surface area contributed by atoms with Crippen molar-refractivity contribution in [2.75, 3.05) is 12.4 Å². The SMILES string of the molecule is COc1ccc(/C=C/C(=O)NC(=S)Nc2ccc3c(c2)C(=O)c2ccccc2C3=O)cc1. The summed E-state index contributed by atoms with van der Waals surface area (Å²) in [6.45, 7) is 0. The number of methoxy groups -OCH3 is 1. The molecule has 6 nitrogen and oxygen atoms in total. The Hall–Kier alpha value is -4.10. The molecule has 2 N–H and O–H groups in total. The maximum absolute atomic E-state index is 12.8. The minimum Gasteiger partial charge on any atom is -0.497 e. The summed E-state index contributed by atoms with van der Waals surface area (Å²) in [4.78, 5) is 37.7. The van der Waals surface area contributed by atoms with Gasteiger partial charge >= 0.3 is 0 Å². The third kappa shape index (κ3) is 4.33. The summed E-state index contributed by atoms with van der Waals surface area (Å²) in [6, 6.07) is 18.8. The Morgan fingerprint density at radius 2 is 1.50 bits per heavy atom. The van der Waals surface area contributed by atoms with Crippen molar-refractivity contribution in [2.24, 2.45) is 0 Å². The number of benzene rings is 3. The second kappa shape index (κ2) is 8.95. The minimum atomic E-state index is -0.406. The zero-order chi connectivity index (χ0) is 22.7. The molecular weight excluding hydrogens is 424 g/mol. The molecule has 1 aliphatic rings. The van der Waals surface area contributed by atoms with E-state index in [0.717, 1.165) is 11.3 Å². The zero-order valence-corrected chi connectivity index (χ0v) is 17.9. The third-order valence-corrected chi connectivity index (χ3v) is 5.17. The normalized spacial score (nSPS) is 12.2. The lowest BCUT2D eigenvalue weighted by Crippen LogP contribution is -2.33.